The van der Waals surface area contributed by atoms with Gasteiger partial charge in [0.2, 0.25) is 11.8 Å². The minimum Gasteiger partial charge on any atom is -0.480 e. The highest BCUT2D eigenvalue weighted by Crippen LogP contribution is 2.35. The van der Waals surface area contributed by atoms with Crippen LogP contribution in [0.15, 0.2) is 97.3 Å². The summed E-state index contributed by atoms with van der Waals surface area (Å²) < 4.78 is 69.2. The summed E-state index contributed by atoms with van der Waals surface area (Å²) in [7, 11) is 0. The molecular formula is C67H81F4N15O10S2. The highest BCUT2D eigenvalue weighted by atomic mass is 32.2. The molecular weight excluding hydrogens is 1310 g/mol. The molecule has 4 aliphatic rings. The molecule has 8 amide bonds. The minimum atomic E-state index is -0.972. The van der Waals surface area contributed by atoms with Crippen molar-refractivity contribution < 1.29 is 65.4 Å². The van der Waals surface area contributed by atoms with Gasteiger partial charge in [-0.05, 0) is 119 Å². The normalized spacial score (nSPS) is 18.7. The number of benzene rings is 4. The van der Waals surface area contributed by atoms with Crippen LogP contribution in [0.5, 0.6) is 11.5 Å². The van der Waals surface area contributed by atoms with E-state index in [-0.39, 0.29) is 78.7 Å². The Hall–Kier alpha value is -9.10. The molecule has 31 heteroatoms. The molecule has 6 heterocycles. The van der Waals surface area contributed by atoms with Crippen LogP contribution >= 0.6 is 23.5 Å². The van der Waals surface area contributed by atoms with Gasteiger partial charge in [0.1, 0.15) is 24.6 Å². The molecule has 0 bridgehead atoms. The lowest BCUT2D eigenvalue weighted by Gasteiger charge is -2.18. The molecule has 4 fully saturated rings. The van der Waals surface area contributed by atoms with E-state index in [0.29, 0.717) is 78.3 Å². The second-order valence-corrected chi connectivity index (χ2v) is 26.7. The van der Waals surface area contributed by atoms with E-state index in [0.717, 1.165) is 87.1 Å². The van der Waals surface area contributed by atoms with Crippen molar-refractivity contribution in [3.05, 3.63) is 143 Å². The molecule has 8 atom stereocenters. The fraction of sp³-hybridized carbons (Fsp3) is 0.463. The number of thioether (sulfide) groups is 2. The van der Waals surface area contributed by atoms with Crippen molar-refractivity contribution >= 4 is 70.8 Å². The van der Waals surface area contributed by atoms with Crippen LogP contribution < -0.4 is 57.7 Å². The van der Waals surface area contributed by atoms with Gasteiger partial charge >= 0.3 is 12.1 Å². The van der Waals surface area contributed by atoms with Crippen LogP contribution in [0.3, 0.4) is 0 Å². The smallest absolute Gasteiger partial charge is 0.315 e. The zero-order valence-electron chi connectivity index (χ0n) is 54.1. The number of ketones is 2. The first kappa shape index (κ1) is 73.2. The second-order valence-electron chi connectivity index (χ2n) is 24.1. The SMILES string of the molecule is CCCCC[C@H](NC(=O)c1cccc(-n2cc(CNC(=O)CCCC[C@@H]3SC[C@@H]4NC(=O)N[C@@H]43)nn2)c1)C(=O)COc1c(F)cccc1F.NCCCC[C@H](NC(=O)c1cccc(-n2cc(CNC(=O)CCCC[C@@H]3SC[C@@H]4NC(=O)N[C@@H]43)nn2)c1)C(=O)COc1c(F)cccc1F. The molecule has 98 heavy (non-hydrogen) atoms. The van der Waals surface area contributed by atoms with Gasteiger partial charge in [-0.15, -0.1) is 10.2 Å². The van der Waals surface area contributed by atoms with E-state index >= 15 is 0 Å². The first-order valence-corrected chi connectivity index (χ1v) is 35.0. The van der Waals surface area contributed by atoms with Crippen LogP contribution in [0, 0.1) is 23.3 Å². The third kappa shape index (κ3) is 21.0. The Morgan fingerprint density at radius 1 is 0.571 bits per heavy atom. The Labute approximate surface area is 572 Å². The standard InChI is InChI=1S/C34H41F2N7O5S.C33H40F2N8O5S/c1-2-3-4-13-26(28(44)19-48-32-24(35)11-8-12-25(32)36)38-33(46)21-9-7-10-23(16-21)43-18-22(41-42-43)17-37-30(45)15-6-5-14-29-31-27(20-49-29)39-34(47)40-31;34-23-9-6-10-24(35)31(23)48-18-27(44)25(11-3-4-14-36)38-32(46)20-7-5-8-22(15-20)43-17-21(41-42-43)16-37-29(45)13-2-1-12-28-30-26(19-49-28)39-33(47)40-30/h7-12,16,18,26-27,29,31H,2-6,13-15,17,19-20H2,1H3,(H,37,45)(H,38,46)(H2,39,40,47);5-10,15,17,25-26,28,30H,1-4,11-14,16,18-19,36H2,(H,37,45)(H,38,46)(H2,39,40,47)/t26-,27-,29-,31-;25-,26-,28-,30-/m00/s1. The molecule has 0 radical (unpaired) electrons. The number of para-hydroxylation sites is 2. The van der Waals surface area contributed by atoms with Gasteiger partial charge in [-0.25, -0.2) is 36.5 Å². The Morgan fingerprint density at radius 2 is 0.990 bits per heavy atom. The zero-order valence-corrected chi connectivity index (χ0v) is 55.7. The molecule has 6 aromatic rings. The molecule has 0 unspecified atom stereocenters. The molecule has 4 aromatic carbocycles. The van der Waals surface area contributed by atoms with Gasteiger partial charge in [0.15, 0.2) is 46.3 Å². The van der Waals surface area contributed by atoms with Gasteiger partial charge < -0.3 is 57.7 Å². The number of nitrogens with two attached hydrogens (primary N) is 1. The predicted octanol–water partition coefficient (Wildman–Crippen LogP) is 6.98. The van der Waals surface area contributed by atoms with Crippen molar-refractivity contribution in [2.24, 2.45) is 5.73 Å². The first-order chi connectivity index (χ1) is 47.4. The number of rotatable bonds is 36. The van der Waals surface area contributed by atoms with Gasteiger partial charge in [0.25, 0.3) is 11.8 Å². The molecule has 524 valence electrons. The van der Waals surface area contributed by atoms with Crippen LogP contribution in [0.4, 0.5) is 27.2 Å². The number of fused-ring (bicyclic) bond motifs is 2. The van der Waals surface area contributed by atoms with Crippen LogP contribution in [0.25, 0.3) is 11.4 Å². The summed E-state index contributed by atoms with van der Waals surface area (Å²) in [5, 5.41) is 40.3. The van der Waals surface area contributed by atoms with E-state index in [1.807, 2.05) is 30.4 Å². The second kappa shape index (κ2) is 36.5. The Kier molecular flexibility index (Phi) is 27.2. The Morgan fingerprint density at radius 3 is 1.41 bits per heavy atom. The number of hydrogen-bond donors (Lipinski definition) is 9. The van der Waals surface area contributed by atoms with Gasteiger partial charge in [0, 0.05) is 46.0 Å². The maximum atomic E-state index is 14.0. The summed E-state index contributed by atoms with van der Waals surface area (Å²) in [6.45, 7) is 1.55. The molecule has 2 aromatic heterocycles. The molecule has 10 N–H and O–H groups in total. The molecule has 0 spiro atoms. The predicted molar refractivity (Wildman–Crippen MR) is 358 cm³/mol. The number of amides is 8. The monoisotopic (exact) mass is 1400 g/mol. The fourth-order valence-electron chi connectivity index (χ4n) is 11.6. The summed E-state index contributed by atoms with van der Waals surface area (Å²) in [5.41, 5.74) is 8.25. The molecule has 4 saturated heterocycles. The highest BCUT2D eigenvalue weighted by Gasteiger charge is 2.44. The zero-order chi connectivity index (χ0) is 69.5. The van der Waals surface area contributed by atoms with Crippen LogP contribution in [0.2, 0.25) is 0 Å². The van der Waals surface area contributed by atoms with Gasteiger partial charge in [-0.1, -0.05) is 73.7 Å². The number of nitrogens with one attached hydrogen (secondary N) is 8. The van der Waals surface area contributed by atoms with Crippen LogP contribution in [-0.4, -0.2) is 155 Å². The molecule has 4 aliphatic heterocycles. The highest BCUT2D eigenvalue weighted by molar-refractivity contribution is 8.00. The summed E-state index contributed by atoms with van der Waals surface area (Å²) in [6, 6.07) is 18.3. The summed E-state index contributed by atoms with van der Waals surface area (Å²) in [4.78, 5) is 100. The summed E-state index contributed by atoms with van der Waals surface area (Å²) >= 11 is 3.71. The number of halogens is 4. The van der Waals surface area contributed by atoms with E-state index in [1.165, 1.54) is 21.5 Å². The maximum Gasteiger partial charge on any atom is 0.315 e. The average Bonchev–Trinajstić information content (AvgIpc) is 1.69. The number of carbonyl (C=O) groups is 8. The van der Waals surface area contributed by atoms with Crippen LogP contribution in [0.1, 0.15) is 135 Å². The number of nitrogens with zero attached hydrogens (tertiary/aromatic N) is 6. The van der Waals surface area contributed by atoms with Crippen molar-refractivity contribution in [2.75, 3.05) is 31.3 Å². The van der Waals surface area contributed by atoms with Crippen molar-refractivity contribution in [3.63, 3.8) is 0 Å². The van der Waals surface area contributed by atoms with E-state index < -0.39 is 83.4 Å². The van der Waals surface area contributed by atoms with Crippen LogP contribution in [-0.2, 0) is 32.3 Å². The van der Waals surface area contributed by atoms with Gasteiger partial charge in [0.05, 0.1) is 73.1 Å². The van der Waals surface area contributed by atoms with Gasteiger partial charge in [-0.3, -0.25) is 28.8 Å². The molecule has 25 nitrogen and oxygen atoms in total. The number of hydrogen-bond acceptors (Lipinski definition) is 17. The topological polar surface area (TPSA) is 339 Å². The summed E-state index contributed by atoms with van der Waals surface area (Å²) in [5.74, 6) is -5.46. The Balaban J connectivity index is 0.000000229. The molecule has 10 rings (SSSR count). The third-order valence-electron chi connectivity index (χ3n) is 16.9. The fourth-order valence-corrected chi connectivity index (χ4v) is 14.7. The lowest BCUT2D eigenvalue weighted by molar-refractivity contribution is -0.123. The maximum absolute atomic E-state index is 14.0. The number of urea groups is 2. The largest absolute Gasteiger partial charge is 0.480 e. The number of carbonyl (C=O) groups excluding carboxylic acids is 8. The number of aromatic nitrogens is 6. The van der Waals surface area contributed by atoms with Crippen molar-refractivity contribution in [1.29, 1.82) is 0 Å². The first-order valence-electron chi connectivity index (χ1n) is 32.9. The number of Topliss-reactive ketones (excluding diaryl/α,β-unsaturated/α-hetero) is 2. The lowest BCUT2D eigenvalue weighted by atomic mass is 10.0. The van der Waals surface area contributed by atoms with Gasteiger partial charge in [-0.2, -0.15) is 23.5 Å². The summed E-state index contributed by atoms with van der Waals surface area (Å²) in [6.07, 6.45) is 13.4. The Bertz CT molecular complexity index is 3480. The molecule has 0 saturated carbocycles. The van der Waals surface area contributed by atoms with Crippen molar-refractivity contribution in [2.45, 2.75) is 163 Å². The number of unbranched alkanes of at least 4 members (excludes halogenated alkanes) is 5. The van der Waals surface area contributed by atoms with Crippen molar-refractivity contribution in [1.82, 2.24) is 72.5 Å². The lowest BCUT2D eigenvalue weighted by Crippen LogP contribution is -2.43. The van der Waals surface area contributed by atoms with E-state index in [2.05, 4.69) is 63.2 Å². The average molecular weight is 1400 g/mol. The quantitative estimate of drug-likeness (QED) is 0.0109. The van der Waals surface area contributed by atoms with E-state index in [4.69, 9.17) is 15.2 Å². The minimum absolute atomic E-state index is 0.0894. The number of ether oxygens (including phenoxy) is 2. The molecule has 0 aliphatic carbocycles. The van der Waals surface area contributed by atoms with E-state index in [9.17, 15) is 55.9 Å². The third-order valence-corrected chi connectivity index (χ3v) is 19.9. The van der Waals surface area contributed by atoms with E-state index in [1.54, 1.807) is 60.9 Å². The van der Waals surface area contributed by atoms with Crippen molar-refractivity contribution in [3.8, 4) is 22.9 Å².